The molecule has 0 bridgehead atoms. The van der Waals surface area contributed by atoms with Crippen LogP contribution in [-0.4, -0.2) is 42.7 Å². The van der Waals surface area contributed by atoms with E-state index in [-0.39, 0.29) is 50.8 Å². The zero-order chi connectivity index (χ0) is 29.4. The third-order valence-corrected chi connectivity index (χ3v) is 7.49. The molecule has 41 heavy (non-hydrogen) atoms. The number of aliphatic hydroxyl groups excluding tert-OH is 1. The predicted octanol–water partition coefficient (Wildman–Crippen LogP) is 6.89. The average Bonchev–Trinajstić information content (AvgIpc) is 3.23. The van der Waals surface area contributed by atoms with Crippen LogP contribution in [0.15, 0.2) is 72.3 Å². The Hall–Kier alpha value is -4.40. The largest absolute Gasteiger partial charge is 0.507 e. The molecule has 1 atom stereocenters. The van der Waals surface area contributed by atoms with Gasteiger partial charge in [-0.1, -0.05) is 65.7 Å². The fraction of sp³-hybridized carbons (Fsp3) is 0.161. The van der Waals surface area contributed by atoms with Crippen LogP contribution in [0.25, 0.3) is 16.5 Å². The molecular weight excluding hydrogens is 569 g/mol. The Kier molecular flexibility index (Phi) is 7.71. The van der Waals surface area contributed by atoms with Gasteiger partial charge in [-0.3, -0.25) is 14.5 Å². The van der Waals surface area contributed by atoms with Crippen molar-refractivity contribution in [2.24, 2.45) is 0 Å². The van der Waals surface area contributed by atoms with Crippen LogP contribution in [0.2, 0.25) is 10.0 Å². The zero-order valence-electron chi connectivity index (χ0n) is 22.3. The Balaban J connectivity index is 1.83. The van der Waals surface area contributed by atoms with Gasteiger partial charge >= 0.3 is 0 Å². The zero-order valence-corrected chi connectivity index (χ0v) is 23.8. The maximum Gasteiger partial charge on any atom is 0.300 e. The van der Waals surface area contributed by atoms with Crippen molar-refractivity contribution in [2.45, 2.75) is 13.0 Å². The lowest BCUT2D eigenvalue weighted by atomic mass is 9.94. The van der Waals surface area contributed by atoms with Gasteiger partial charge in [-0.15, -0.1) is 0 Å². The van der Waals surface area contributed by atoms with Crippen molar-refractivity contribution in [1.82, 2.24) is 0 Å². The van der Waals surface area contributed by atoms with E-state index in [1.54, 1.807) is 25.1 Å². The number of halogens is 2. The van der Waals surface area contributed by atoms with E-state index in [1.807, 2.05) is 30.3 Å². The fourth-order valence-corrected chi connectivity index (χ4v) is 5.77. The number of nitrogens with zero attached hydrogens (tertiary/aromatic N) is 1. The number of ether oxygens (including phenoxy) is 3. The summed E-state index contributed by atoms with van der Waals surface area (Å²) in [5, 5.41) is 23.7. The number of carbonyl (C=O) groups excluding carboxylic acids is 2. The van der Waals surface area contributed by atoms with Crippen LogP contribution < -0.4 is 19.1 Å². The number of rotatable bonds is 7. The number of anilines is 1. The number of amides is 1. The summed E-state index contributed by atoms with van der Waals surface area (Å²) in [4.78, 5) is 28.9. The van der Waals surface area contributed by atoms with Gasteiger partial charge in [0.25, 0.3) is 11.7 Å². The standard InChI is InChI=1S/C31H25Cl2NO7/c1-4-41-23-14-17(12-13-22(23)35)26-24(27(36)19-15-20(32)30(40-3)25(33)29(19)39-2)28(37)31(38)34(26)21-11-7-9-16-8-5-6-10-18(16)21/h5-15,26,35-36H,4H2,1-3H3/b27-24+. The number of hydrogen-bond acceptors (Lipinski definition) is 7. The van der Waals surface area contributed by atoms with Crippen LogP contribution in [0.4, 0.5) is 5.69 Å². The number of phenols is 1. The predicted molar refractivity (Wildman–Crippen MR) is 158 cm³/mol. The molecule has 8 nitrogen and oxygen atoms in total. The molecule has 0 aliphatic carbocycles. The highest BCUT2D eigenvalue weighted by atomic mass is 35.5. The van der Waals surface area contributed by atoms with Crippen LogP contribution in [0.5, 0.6) is 23.0 Å². The fourth-order valence-electron chi connectivity index (χ4n) is 5.08. The summed E-state index contributed by atoms with van der Waals surface area (Å²) < 4.78 is 16.3. The minimum Gasteiger partial charge on any atom is -0.507 e. The van der Waals surface area contributed by atoms with Crippen molar-refractivity contribution in [3.05, 3.63) is 93.5 Å². The molecule has 0 aromatic heterocycles. The number of benzene rings is 4. The lowest BCUT2D eigenvalue weighted by molar-refractivity contribution is -0.132. The molecule has 0 saturated carbocycles. The van der Waals surface area contributed by atoms with Gasteiger partial charge in [0.2, 0.25) is 0 Å². The normalized spacial score (nSPS) is 16.3. The maximum absolute atomic E-state index is 13.8. The molecule has 0 radical (unpaired) electrons. The van der Waals surface area contributed by atoms with E-state index in [0.29, 0.717) is 11.3 Å². The molecule has 1 aliphatic rings. The average molecular weight is 594 g/mol. The molecule has 2 N–H and O–H groups in total. The summed E-state index contributed by atoms with van der Waals surface area (Å²) in [6.45, 7) is 2.03. The van der Waals surface area contributed by atoms with Crippen LogP contribution in [0, 0.1) is 0 Å². The van der Waals surface area contributed by atoms with E-state index in [9.17, 15) is 19.8 Å². The monoisotopic (exact) mass is 593 g/mol. The summed E-state index contributed by atoms with van der Waals surface area (Å²) in [6.07, 6.45) is 0. The number of fused-ring (bicyclic) bond motifs is 1. The molecule has 4 aromatic carbocycles. The molecule has 10 heteroatoms. The minimum absolute atomic E-state index is 0.00115. The third kappa shape index (κ3) is 4.69. The highest BCUT2D eigenvalue weighted by Gasteiger charge is 2.48. The van der Waals surface area contributed by atoms with Gasteiger partial charge in [0.15, 0.2) is 23.0 Å². The van der Waals surface area contributed by atoms with Gasteiger partial charge in [0.1, 0.15) is 10.8 Å². The maximum atomic E-state index is 13.8. The second kappa shape index (κ2) is 11.2. The Bertz CT molecular complexity index is 1730. The summed E-state index contributed by atoms with van der Waals surface area (Å²) >= 11 is 12.9. The number of aromatic hydroxyl groups is 1. The topological polar surface area (TPSA) is 106 Å². The third-order valence-electron chi connectivity index (χ3n) is 6.86. The SMILES string of the molecule is CCOc1cc(C2/C(=C(\O)c3cc(Cl)c(OC)c(Cl)c3OC)C(=O)C(=O)N2c2cccc3ccccc23)ccc1O. The van der Waals surface area contributed by atoms with Gasteiger partial charge in [-0.25, -0.2) is 0 Å². The number of phenolic OH excluding ortho intramolecular Hbond substituents is 1. The molecule has 4 aromatic rings. The van der Waals surface area contributed by atoms with E-state index in [1.165, 1.54) is 37.3 Å². The highest BCUT2D eigenvalue weighted by Crippen LogP contribution is 2.49. The molecule has 5 rings (SSSR count). The first-order valence-corrected chi connectivity index (χ1v) is 13.3. The van der Waals surface area contributed by atoms with Gasteiger partial charge in [0, 0.05) is 5.39 Å². The Labute approximate surface area is 245 Å². The van der Waals surface area contributed by atoms with Crippen molar-refractivity contribution in [3.63, 3.8) is 0 Å². The van der Waals surface area contributed by atoms with Crippen molar-refractivity contribution < 1.29 is 34.0 Å². The van der Waals surface area contributed by atoms with Crippen molar-refractivity contribution >= 4 is 57.1 Å². The molecule has 1 amide bonds. The van der Waals surface area contributed by atoms with Crippen molar-refractivity contribution in [3.8, 4) is 23.0 Å². The number of aliphatic hydroxyl groups is 1. The van der Waals surface area contributed by atoms with E-state index in [2.05, 4.69) is 0 Å². The first-order chi connectivity index (χ1) is 19.7. The van der Waals surface area contributed by atoms with Crippen LogP contribution in [0.3, 0.4) is 0 Å². The molecule has 1 saturated heterocycles. The van der Waals surface area contributed by atoms with Gasteiger partial charge in [0.05, 0.1) is 48.7 Å². The highest BCUT2D eigenvalue weighted by molar-refractivity contribution is 6.52. The van der Waals surface area contributed by atoms with Gasteiger partial charge in [-0.05, 0) is 42.1 Å². The Morgan fingerprint density at radius 2 is 1.66 bits per heavy atom. The van der Waals surface area contributed by atoms with Gasteiger partial charge < -0.3 is 24.4 Å². The van der Waals surface area contributed by atoms with Crippen molar-refractivity contribution in [1.29, 1.82) is 0 Å². The summed E-state index contributed by atoms with van der Waals surface area (Å²) in [6, 6.07) is 17.6. The molecule has 1 heterocycles. The molecule has 1 unspecified atom stereocenters. The molecule has 1 aliphatic heterocycles. The van der Waals surface area contributed by atoms with E-state index in [0.717, 1.165) is 10.8 Å². The molecule has 1 fully saturated rings. The number of hydrogen-bond donors (Lipinski definition) is 2. The minimum atomic E-state index is -1.12. The quantitative estimate of drug-likeness (QED) is 0.136. The van der Waals surface area contributed by atoms with Gasteiger partial charge in [-0.2, -0.15) is 0 Å². The second-order valence-electron chi connectivity index (χ2n) is 9.11. The number of ketones is 1. The van der Waals surface area contributed by atoms with Crippen LogP contribution in [0.1, 0.15) is 24.1 Å². The van der Waals surface area contributed by atoms with E-state index in [4.69, 9.17) is 37.4 Å². The number of carbonyl (C=O) groups is 2. The lowest BCUT2D eigenvalue weighted by Gasteiger charge is -2.27. The first kappa shape index (κ1) is 28.1. The Morgan fingerprint density at radius 3 is 2.37 bits per heavy atom. The Morgan fingerprint density at radius 1 is 0.951 bits per heavy atom. The summed E-state index contributed by atoms with van der Waals surface area (Å²) in [5.74, 6) is -2.18. The first-order valence-electron chi connectivity index (χ1n) is 12.6. The second-order valence-corrected chi connectivity index (χ2v) is 9.90. The molecule has 0 spiro atoms. The van der Waals surface area contributed by atoms with E-state index >= 15 is 0 Å². The molecular formula is C31H25Cl2NO7. The smallest absolute Gasteiger partial charge is 0.300 e. The van der Waals surface area contributed by atoms with Crippen molar-refractivity contribution in [2.75, 3.05) is 25.7 Å². The number of Topliss-reactive ketones (excluding diaryl/α,β-unsaturated/α-hetero) is 1. The number of methoxy groups -OCH3 is 2. The van der Waals surface area contributed by atoms with Crippen LogP contribution >= 0.6 is 23.2 Å². The lowest BCUT2D eigenvalue weighted by Crippen LogP contribution is -2.29. The van der Waals surface area contributed by atoms with E-state index < -0.39 is 23.5 Å². The molecule has 210 valence electrons. The summed E-state index contributed by atoms with van der Waals surface area (Å²) in [7, 11) is 2.72. The summed E-state index contributed by atoms with van der Waals surface area (Å²) in [5.41, 5.74) is 0.627. The van der Waals surface area contributed by atoms with Crippen LogP contribution in [-0.2, 0) is 9.59 Å².